The molecule has 6 nitrogen and oxygen atoms in total. The molecule has 0 aromatic rings. The van der Waals surface area contributed by atoms with Crippen LogP contribution >= 0.6 is 0 Å². The Hall–Kier alpha value is -1.46. The zero-order valence-corrected chi connectivity index (χ0v) is 7.94. The lowest BCUT2D eigenvalue weighted by Crippen LogP contribution is -2.49. The van der Waals surface area contributed by atoms with Crippen molar-refractivity contribution in [3.63, 3.8) is 0 Å². The Balaban J connectivity index is 0.000000213. The number of rotatable bonds is 0. The Morgan fingerprint density at radius 2 is 2.00 bits per heavy atom. The number of carbonyl (C=O) groups is 1. The Labute approximate surface area is 82.2 Å². The Bertz CT molecular complexity index is 226. The van der Waals surface area contributed by atoms with E-state index in [1.54, 1.807) is 0 Å². The lowest BCUT2D eigenvalue weighted by atomic mass is 10.2. The van der Waals surface area contributed by atoms with Gasteiger partial charge in [0.1, 0.15) is 0 Å². The van der Waals surface area contributed by atoms with Gasteiger partial charge in [0.15, 0.2) is 5.96 Å². The fourth-order valence-electron chi connectivity index (χ4n) is 1.51. The summed E-state index contributed by atoms with van der Waals surface area (Å²) in [6.45, 7) is 4.52. The summed E-state index contributed by atoms with van der Waals surface area (Å²) in [4.78, 5) is 15.3. The van der Waals surface area contributed by atoms with E-state index < -0.39 is 6.16 Å². The molecule has 1 saturated heterocycles. The van der Waals surface area contributed by atoms with Gasteiger partial charge in [-0.25, -0.2) is 4.79 Å². The van der Waals surface area contributed by atoms with E-state index in [2.05, 4.69) is 15.2 Å². The number of carboxylic acid groups (broad SMARTS) is 2. The molecule has 0 saturated carbocycles. The lowest BCUT2D eigenvalue weighted by molar-refractivity contribution is 0.137. The Kier molecular flexibility index (Phi) is 4.03. The number of hydrogen-bond donors (Lipinski definition) is 3. The molecule has 0 atom stereocenters. The molecule has 2 aliphatic heterocycles. The van der Waals surface area contributed by atoms with E-state index in [-0.39, 0.29) is 0 Å². The highest BCUT2D eigenvalue weighted by atomic mass is 16.6. The molecule has 0 radical (unpaired) electrons. The zero-order chi connectivity index (χ0) is 10.4. The average molecular weight is 201 g/mol. The van der Waals surface area contributed by atoms with Gasteiger partial charge >= 0.3 is 6.16 Å². The molecule has 3 N–H and O–H groups in total. The topological polar surface area (TPSA) is 85.2 Å². The van der Waals surface area contributed by atoms with Crippen molar-refractivity contribution in [1.82, 2.24) is 10.2 Å². The Morgan fingerprint density at radius 3 is 2.64 bits per heavy atom. The summed E-state index contributed by atoms with van der Waals surface area (Å²) in [5.74, 6) is 1.14. The first-order chi connectivity index (χ1) is 6.70. The first-order valence-electron chi connectivity index (χ1n) is 4.65. The number of fused-ring (bicyclic) bond motifs is 1. The number of guanidine groups is 1. The minimum absolute atomic E-state index is 1.01. The second kappa shape index (κ2) is 5.31. The van der Waals surface area contributed by atoms with Gasteiger partial charge < -0.3 is 20.4 Å². The fourth-order valence-corrected chi connectivity index (χ4v) is 1.51. The highest BCUT2D eigenvalue weighted by Gasteiger charge is 2.17. The third-order valence-corrected chi connectivity index (χ3v) is 2.04. The maximum atomic E-state index is 8.56. The third-order valence-electron chi connectivity index (χ3n) is 2.04. The van der Waals surface area contributed by atoms with Gasteiger partial charge in [-0.2, -0.15) is 0 Å². The molecule has 0 bridgehead atoms. The standard InChI is InChI=1S/C7H13N3.CH2O3/c1-3-8-7-9-4-2-6-10(7)5-1;2-1(3)4/h1-6H2,(H,8,9);(H2,2,3,4). The van der Waals surface area contributed by atoms with Gasteiger partial charge in [0.05, 0.1) is 0 Å². The molecule has 0 unspecified atom stereocenters. The predicted octanol–water partition coefficient (Wildman–Crippen LogP) is 0.264. The van der Waals surface area contributed by atoms with Gasteiger partial charge in [-0.1, -0.05) is 0 Å². The maximum absolute atomic E-state index is 8.56. The van der Waals surface area contributed by atoms with Crippen molar-refractivity contribution in [2.45, 2.75) is 12.8 Å². The van der Waals surface area contributed by atoms with Crippen LogP contribution in [-0.4, -0.2) is 53.4 Å². The van der Waals surface area contributed by atoms with Crippen LogP contribution in [0.15, 0.2) is 4.99 Å². The van der Waals surface area contributed by atoms with Gasteiger partial charge in [-0.3, -0.25) is 4.99 Å². The normalized spacial score (nSPS) is 19.4. The van der Waals surface area contributed by atoms with Crippen LogP contribution in [-0.2, 0) is 0 Å². The fraction of sp³-hybridized carbons (Fsp3) is 0.750. The summed E-state index contributed by atoms with van der Waals surface area (Å²) in [6.07, 6.45) is 0.657. The summed E-state index contributed by atoms with van der Waals surface area (Å²) >= 11 is 0. The lowest BCUT2D eigenvalue weighted by Gasteiger charge is -2.33. The molecule has 0 amide bonds. The average Bonchev–Trinajstić information content (AvgIpc) is 2.17. The molecule has 1 fully saturated rings. The number of nitrogens with one attached hydrogen (secondary N) is 1. The van der Waals surface area contributed by atoms with Crippen molar-refractivity contribution in [2.75, 3.05) is 26.2 Å². The molecule has 2 aliphatic rings. The zero-order valence-electron chi connectivity index (χ0n) is 7.94. The van der Waals surface area contributed by atoms with Crippen LogP contribution in [0.25, 0.3) is 0 Å². The Morgan fingerprint density at radius 1 is 1.36 bits per heavy atom. The van der Waals surface area contributed by atoms with E-state index in [9.17, 15) is 0 Å². The molecule has 0 aromatic carbocycles. The van der Waals surface area contributed by atoms with E-state index in [0.717, 1.165) is 19.0 Å². The number of nitrogens with zero attached hydrogens (tertiary/aromatic N) is 2. The quantitative estimate of drug-likeness (QED) is 0.523. The van der Waals surface area contributed by atoms with Crippen LogP contribution in [0, 0.1) is 0 Å². The van der Waals surface area contributed by atoms with E-state index in [0.29, 0.717) is 0 Å². The van der Waals surface area contributed by atoms with Crippen LogP contribution in [0.1, 0.15) is 12.8 Å². The summed E-state index contributed by atoms with van der Waals surface area (Å²) in [5.41, 5.74) is 0. The summed E-state index contributed by atoms with van der Waals surface area (Å²) in [5, 5.41) is 17.2. The summed E-state index contributed by atoms with van der Waals surface area (Å²) in [7, 11) is 0. The van der Waals surface area contributed by atoms with Crippen molar-refractivity contribution in [3.05, 3.63) is 0 Å². The van der Waals surface area contributed by atoms with Gasteiger partial charge in [0, 0.05) is 26.2 Å². The number of aliphatic imine (C=N–C) groups is 1. The third kappa shape index (κ3) is 3.51. The van der Waals surface area contributed by atoms with Crippen LogP contribution < -0.4 is 5.32 Å². The maximum Gasteiger partial charge on any atom is 0.503 e. The molecule has 0 aromatic heterocycles. The molecular weight excluding hydrogens is 186 g/mol. The van der Waals surface area contributed by atoms with E-state index in [1.165, 1.54) is 25.9 Å². The van der Waals surface area contributed by atoms with Crippen LogP contribution in [0.4, 0.5) is 4.79 Å². The molecule has 80 valence electrons. The van der Waals surface area contributed by atoms with Crippen LogP contribution in [0.5, 0.6) is 0 Å². The highest BCUT2D eigenvalue weighted by molar-refractivity contribution is 5.81. The van der Waals surface area contributed by atoms with Crippen molar-refractivity contribution in [3.8, 4) is 0 Å². The van der Waals surface area contributed by atoms with E-state index in [4.69, 9.17) is 15.0 Å². The van der Waals surface area contributed by atoms with Gasteiger partial charge in [0.2, 0.25) is 0 Å². The first kappa shape index (κ1) is 10.6. The van der Waals surface area contributed by atoms with E-state index in [1.807, 2.05) is 0 Å². The van der Waals surface area contributed by atoms with Crippen molar-refractivity contribution in [2.24, 2.45) is 4.99 Å². The smallest absolute Gasteiger partial charge is 0.450 e. The minimum atomic E-state index is -1.83. The molecule has 2 rings (SSSR count). The van der Waals surface area contributed by atoms with Gasteiger partial charge in [-0.15, -0.1) is 0 Å². The van der Waals surface area contributed by atoms with Crippen molar-refractivity contribution >= 4 is 12.1 Å². The van der Waals surface area contributed by atoms with Crippen LogP contribution in [0.3, 0.4) is 0 Å². The molecular formula is C8H15N3O3. The summed E-state index contributed by atoms with van der Waals surface area (Å²) in [6, 6.07) is 0. The van der Waals surface area contributed by atoms with Crippen molar-refractivity contribution in [1.29, 1.82) is 0 Å². The van der Waals surface area contributed by atoms with Crippen molar-refractivity contribution < 1.29 is 15.0 Å². The second-order valence-electron chi connectivity index (χ2n) is 3.11. The first-order valence-corrected chi connectivity index (χ1v) is 4.65. The molecule has 0 aliphatic carbocycles. The minimum Gasteiger partial charge on any atom is -0.450 e. The number of hydrogen-bond acceptors (Lipinski definition) is 4. The highest BCUT2D eigenvalue weighted by Crippen LogP contribution is 2.05. The van der Waals surface area contributed by atoms with E-state index >= 15 is 0 Å². The SMILES string of the molecule is C1CN=C2NCCCN2C1.O=C(O)O. The largest absolute Gasteiger partial charge is 0.503 e. The van der Waals surface area contributed by atoms with Crippen LogP contribution in [0.2, 0.25) is 0 Å². The molecule has 14 heavy (non-hydrogen) atoms. The molecule has 0 spiro atoms. The summed E-state index contributed by atoms with van der Waals surface area (Å²) < 4.78 is 0. The second-order valence-corrected chi connectivity index (χ2v) is 3.11. The monoisotopic (exact) mass is 201 g/mol. The van der Waals surface area contributed by atoms with Gasteiger partial charge in [-0.05, 0) is 12.8 Å². The molecule has 6 heteroatoms. The predicted molar refractivity (Wildman–Crippen MR) is 51.8 cm³/mol. The van der Waals surface area contributed by atoms with Gasteiger partial charge in [0.25, 0.3) is 0 Å². The molecule has 2 heterocycles.